The van der Waals surface area contributed by atoms with Crippen molar-refractivity contribution in [2.24, 2.45) is 5.73 Å². The van der Waals surface area contributed by atoms with Gasteiger partial charge in [0.05, 0.1) is 5.54 Å². The summed E-state index contributed by atoms with van der Waals surface area (Å²) in [6.45, 7) is 3.84. The number of hydrogen-bond acceptors (Lipinski definition) is 5. The molecule has 5 heteroatoms. The van der Waals surface area contributed by atoms with Crippen molar-refractivity contribution in [1.29, 1.82) is 0 Å². The second kappa shape index (κ2) is 4.20. The molecule has 0 fully saturated rings. The molecular formula is C14H15N3O2. The molecule has 1 aromatic carbocycles. The molecule has 0 bridgehead atoms. The predicted molar refractivity (Wildman–Crippen MR) is 71.3 cm³/mol. The summed E-state index contributed by atoms with van der Waals surface area (Å²) in [5.74, 6) is 1.44. The first-order valence-electron chi connectivity index (χ1n) is 6.22. The SMILES string of the molecule is CCC(C)(N)c1nc(-c2cc3ccccc3o2)no1. The molecule has 2 heterocycles. The van der Waals surface area contributed by atoms with Crippen LogP contribution in [0.5, 0.6) is 0 Å². The van der Waals surface area contributed by atoms with E-state index in [1.54, 1.807) is 0 Å². The van der Waals surface area contributed by atoms with Crippen molar-refractivity contribution in [1.82, 2.24) is 10.1 Å². The first-order chi connectivity index (χ1) is 9.10. The highest BCUT2D eigenvalue weighted by atomic mass is 16.5. The summed E-state index contributed by atoms with van der Waals surface area (Å²) in [5, 5.41) is 4.95. The molecule has 0 aliphatic rings. The van der Waals surface area contributed by atoms with Gasteiger partial charge in [0.1, 0.15) is 5.58 Å². The Morgan fingerprint density at radius 1 is 1.32 bits per heavy atom. The van der Waals surface area contributed by atoms with Gasteiger partial charge in [0.25, 0.3) is 0 Å². The van der Waals surface area contributed by atoms with Gasteiger partial charge in [0.15, 0.2) is 5.76 Å². The van der Waals surface area contributed by atoms with E-state index in [2.05, 4.69) is 10.1 Å². The van der Waals surface area contributed by atoms with Crippen LogP contribution < -0.4 is 5.73 Å². The Kier molecular flexibility index (Phi) is 2.64. The highest BCUT2D eigenvalue weighted by Gasteiger charge is 2.27. The molecule has 3 rings (SSSR count). The van der Waals surface area contributed by atoms with E-state index in [4.69, 9.17) is 14.7 Å². The van der Waals surface area contributed by atoms with E-state index in [1.807, 2.05) is 44.2 Å². The van der Waals surface area contributed by atoms with Crippen molar-refractivity contribution in [2.45, 2.75) is 25.8 Å². The predicted octanol–water partition coefficient (Wildman–Crippen LogP) is 3.07. The number of aromatic nitrogens is 2. The average molecular weight is 257 g/mol. The molecule has 0 amide bonds. The topological polar surface area (TPSA) is 78.1 Å². The smallest absolute Gasteiger partial charge is 0.246 e. The third-order valence-electron chi connectivity index (χ3n) is 3.29. The van der Waals surface area contributed by atoms with Gasteiger partial charge in [-0.15, -0.1) is 0 Å². The van der Waals surface area contributed by atoms with Crippen LogP contribution in [0.15, 0.2) is 39.3 Å². The minimum Gasteiger partial charge on any atom is -0.453 e. The third kappa shape index (κ3) is 2.02. The van der Waals surface area contributed by atoms with E-state index in [-0.39, 0.29) is 0 Å². The minimum atomic E-state index is -0.614. The lowest BCUT2D eigenvalue weighted by Crippen LogP contribution is -2.32. The monoisotopic (exact) mass is 257 g/mol. The number of para-hydroxylation sites is 1. The zero-order chi connectivity index (χ0) is 13.5. The number of hydrogen-bond donors (Lipinski definition) is 1. The summed E-state index contributed by atoms with van der Waals surface area (Å²) in [4.78, 5) is 4.32. The van der Waals surface area contributed by atoms with Gasteiger partial charge in [-0.1, -0.05) is 30.3 Å². The molecule has 19 heavy (non-hydrogen) atoms. The van der Waals surface area contributed by atoms with Gasteiger partial charge in [0.2, 0.25) is 11.7 Å². The molecule has 3 aromatic rings. The molecule has 0 saturated carbocycles. The van der Waals surface area contributed by atoms with Crippen LogP contribution in [0.2, 0.25) is 0 Å². The Bertz CT molecular complexity index is 679. The number of furan rings is 1. The van der Waals surface area contributed by atoms with Gasteiger partial charge >= 0.3 is 0 Å². The fraction of sp³-hybridized carbons (Fsp3) is 0.286. The standard InChI is InChI=1S/C14H15N3O2/c1-3-14(2,15)13-16-12(17-19-13)11-8-9-6-4-5-7-10(9)18-11/h4-8H,3,15H2,1-2H3. The molecule has 1 unspecified atom stereocenters. The zero-order valence-electron chi connectivity index (χ0n) is 10.9. The largest absolute Gasteiger partial charge is 0.453 e. The number of fused-ring (bicyclic) bond motifs is 1. The van der Waals surface area contributed by atoms with Gasteiger partial charge in [-0.05, 0) is 25.5 Å². The van der Waals surface area contributed by atoms with Gasteiger partial charge in [-0.2, -0.15) is 4.98 Å². The second-order valence-electron chi connectivity index (χ2n) is 4.84. The summed E-state index contributed by atoms with van der Waals surface area (Å²) in [6, 6.07) is 9.65. The first-order valence-corrected chi connectivity index (χ1v) is 6.22. The van der Waals surface area contributed by atoms with Crippen molar-refractivity contribution in [3.63, 3.8) is 0 Å². The molecule has 0 radical (unpaired) electrons. The molecule has 0 aliphatic carbocycles. The quantitative estimate of drug-likeness (QED) is 0.780. The summed E-state index contributed by atoms with van der Waals surface area (Å²) >= 11 is 0. The Morgan fingerprint density at radius 2 is 2.11 bits per heavy atom. The Morgan fingerprint density at radius 3 is 2.84 bits per heavy atom. The van der Waals surface area contributed by atoms with Gasteiger partial charge < -0.3 is 14.7 Å². The van der Waals surface area contributed by atoms with E-state index < -0.39 is 5.54 Å². The maximum atomic E-state index is 6.08. The minimum absolute atomic E-state index is 0.422. The summed E-state index contributed by atoms with van der Waals surface area (Å²) in [5.41, 5.74) is 6.26. The summed E-state index contributed by atoms with van der Waals surface area (Å²) < 4.78 is 10.9. The Hall–Kier alpha value is -2.14. The van der Waals surface area contributed by atoms with Crippen molar-refractivity contribution >= 4 is 11.0 Å². The molecule has 2 N–H and O–H groups in total. The Balaban J connectivity index is 2.03. The van der Waals surface area contributed by atoms with Gasteiger partial charge in [0, 0.05) is 5.39 Å². The van der Waals surface area contributed by atoms with Crippen molar-refractivity contribution in [2.75, 3.05) is 0 Å². The normalized spacial score (nSPS) is 14.7. The van der Waals surface area contributed by atoms with Crippen LogP contribution in [0.25, 0.3) is 22.6 Å². The molecule has 0 aliphatic heterocycles. The number of benzene rings is 1. The van der Waals surface area contributed by atoms with E-state index in [9.17, 15) is 0 Å². The van der Waals surface area contributed by atoms with E-state index >= 15 is 0 Å². The molecule has 5 nitrogen and oxygen atoms in total. The van der Waals surface area contributed by atoms with Crippen LogP contribution in [0.4, 0.5) is 0 Å². The maximum absolute atomic E-state index is 6.08. The van der Waals surface area contributed by atoms with Crippen molar-refractivity contribution < 1.29 is 8.94 Å². The zero-order valence-corrected chi connectivity index (χ0v) is 10.9. The van der Waals surface area contributed by atoms with Gasteiger partial charge in [-0.25, -0.2) is 0 Å². The molecule has 98 valence electrons. The van der Waals surface area contributed by atoms with E-state index in [1.165, 1.54) is 0 Å². The highest BCUT2D eigenvalue weighted by Crippen LogP contribution is 2.27. The summed E-state index contributed by atoms with van der Waals surface area (Å²) in [6.07, 6.45) is 0.717. The van der Waals surface area contributed by atoms with Crippen LogP contribution >= 0.6 is 0 Å². The fourth-order valence-electron chi connectivity index (χ4n) is 1.80. The third-order valence-corrected chi connectivity index (χ3v) is 3.29. The maximum Gasteiger partial charge on any atom is 0.246 e. The number of nitrogens with zero attached hydrogens (tertiary/aromatic N) is 2. The molecule has 0 saturated heterocycles. The van der Waals surface area contributed by atoms with Crippen LogP contribution in [0.3, 0.4) is 0 Å². The number of rotatable bonds is 3. The average Bonchev–Trinajstić information content (AvgIpc) is 3.05. The van der Waals surface area contributed by atoms with E-state index in [0.29, 0.717) is 17.5 Å². The molecule has 1 atom stereocenters. The first kappa shape index (κ1) is 11.9. The lowest BCUT2D eigenvalue weighted by atomic mass is 10.0. The van der Waals surface area contributed by atoms with Crippen molar-refractivity contribution in [3.8, 4) is 11.6 Å². The molecule has 2 aromatic heterocycles. The van der Waals surface area contributed by atoms with Crippen LogP contribution in [0.1, 0.15) is 26.2 Å². The second-order valence-corrected chi connectivity index (χ2v) is 4.84. The van der Waals surface area contributed by atoms with Crippen LogP contribution in [0, 0.1) is 0 Å². The van der Waals surface area contributed by atoms with Gasteiger partial charge in [-0.3, -0.25) is 0 Å². The lowest BCUT2D eigenvalue weighted by Gasteiger charge is -2.16. The number of nitrogens with two attached hydrogens (primary N) is 1. The highest BCUT2D eigenvalue weighted by molar-refractivity contribution is 5.81. The Labute approximate surface area is 110 Å². The molecule has 0 spiro atoms. The fourth-order valence-corrected chi connectivity index (χ4v) is 1.80. The molecular weight excluding hydrogens is 242 g/mol. The lowest BCUT2D eigenvalue weighted by molar-refractivity contribution is 0.291. The van der Waals surface area contributed by atoms with Crippen molar-refractivity contribution in [3.05, 3.63) is 36.2 Å². The van der Waals surface area contributed by atoms with E-state index in [0.717, 1.165) is 17.4 Å². The van der Waals surface area contributed by atoms with Crippen LogP contribution in [-0.4, -0.2) is 10.1 Å². The van der Waals surface area contributed by atoms with Crippen LogP contribution in [-0.2, 0) is 5.54 Å². The summed E-state index contributed by atoms with van der Waals surface area (Å²) in [7, 11) is 0.